The van der Waals surface area contributed by atoms with Gasteiger partial charge in [0.2, 0.25) is 27.6 Å². The second-order valence-corrected chi connectivity index (χ2v) is 10.4. The van der Waals surface area contributed by atoms with E-state index in [1.807, 2.05) is 0 Å². The van der Waals surface area contributed by atoms with Crippen molar-refractivity contribution in [3.63, 3.8) is 0 Å². The lowest BCUT2D eigenvalue weighted by Crippen LogP contribution is -2.41. The predicted molar refractivity (Wildman–Crippen MR) is 124 cm³/mol. The smallest absolute Gasteiger partial charge is 0.243 e. The maximum Gasteiger partial charge on any atom is 0.243 e. The third-order valence-corrected chi connectivity index (χ3v) is 7.91. The van der Waals surface area contributed by atoms with Crippen LogP contribution in [0.15, 0.2) is 57.9 Å². The Kier molecular flexibility index (Phi) is 7.38. The van der Waals surface area contributed by atoms with E-state index in [4.69, 9.17) is 4.52 Å². The molecule has 1 N–H and O–H groups in total. The van der Waals surface area contributed by atoms with Crippen LogP contribution in [-0.4, -0.2) is 48.4 Å². The Labute approximate surface area is 198 Å². The third-order valence-electron chi connectivity index (χ3n) is 5.99. The van der Waals surface area contributed by atoms with Crippen LogP contribution in [0.2, 0.25) is 0 Å². The zero-order valence-corrected chi connectivity index (χ0v) is 19.7. The number of piperidine rings is 1. The molecule has 0 unspecified atom stereocenters. The highest BCUT2D eigenvalue weighted by molar-refractivity contribution is 7.89. The molecule has 2 heterocycles. The summed E-state index contributed by atoms with van der Waals surface area (Å²) in [6, 6.07) is 13.0. The summed E-state index contributed by atoms with van der Waals surface area (Å²) in [4.78, 5) is 16.9. The van der Waals surface area contributed by atoms with Gasteiger partial charge in [0.25, 0.3) is 0 Å². The van der Waals surface area contributed by atoms with Crippen LogP contribution in [0.3, 0.4) is 0 Å². The molecule has 1 aromatic heterocycles. The topological polar surface area (TPSA) is 105 Å². The van der Waals surface area contributed by atoms with Crippen molar-refractivity contribution in [2.24, 2.45) is 5.92 Å². The lowest BCUT2D eigenvalue weighted by molar-refractivity contribution is -0.121. The molecule has 0 aliphatic carbocycles. The SMILES string of the molecule is Cc1cc(-c2noc(CCC(=O)NCC3CCN(S(=O)(=O)c4ccccc4)CC3)n2)ccc1F. The van der Waals surface area contributed by atoms with Crippen LogP contribution in [0.1, 0.15) is 30.7 Å². The Morgan fingerprint density at radius 1 is 1.18 bits per heavy atom. The number of halogens is 1. The summed E-state index contributed by atoms with van der Waals surface area (Å²) in [7, 11) is -3.47. The van der Waals surface area contributed by atoms with E-state index < -0.39 is 10.0 Å². The second kappa shape index (κ2) is 10.4. The number of aryl methyl sites for hydroxylation is 2. The number of nitrogens with zero attached hydrogens (tertiary/aromatic N) is 3. The van der Waals surface area contributed by atoms with E-state index in [1.165, 1.54) is 10.4 Å². The minimum atomic E-state index is -3.47. The van der Waals surface area contributed by atoms with Crippen molar-refractivity contribution in [2.45, 2.75) is 37.5 Å². The second-order valence-electron chi connectivity index (χ2n) is 8.44. The van der Waals surface area contributed by atoms with E-state index in [2.05, 4.69) is 15.5 Å². The molecule has 1 fully saturated rings. The molecule has 1 aliphatic heterocycles. The van der Waals surface area contributed by atoms with Gasteiger partial charge in [-0.2, -0.15) is 9.29 Å². The number of rotatable bonds is 8. The monoisotopic (exact) mass is 486 g/mol. The molecule has 10 heteroatoms. The maximum atomic E-state index is 13.4. The standard InChI is InChI=1S/C24H27FN4O4S/c1-17-15-19(7-8-21(17)25)24-27-23(33-28-24)10-9-22(30)26-16-18-11-13-29(14-12-18)34(31,32)20-5-3-2-4-6-20/h2-8,15,18H,9-14,16H2,1H3,(H,26,30). The molecule has 2 aromatic carbocycles. The fourth-order valence-electron chi connectivity index (χ4n) is 3.92. The average Bonchev–Trinajstić information content (AvgIpc) is 3.33. The molecular formula is C24H27FN4O4S. The van der Waals surface area contributed by atoms with Gasteiger partial charge in [0.05, 0.1) is 4.90 Å². The van der Waals surface area contributed by atoms with Crippen LogP contribution in [0.25, 0.3) is 11.4 Å². The minimum Gasteiger partial charge on any atom is -0.356 e. The number of nitrogens with one attached hydrogen (secondary N) is 1. The van der Waals surface area contributed by atoms with Gasteiger partial charge in [0.15, 0.2) is 0 Å². The molecule has 3 aromatic rings. The average molecular weight is 487 g/mol. The largest absolute Gasteiger partial charge is 0.356 e. The maximum absolute atomic E-state index is 13.4. The zero-order valence-electron chi connectivity index (χ0n) is 18.9. The van der Waals surface area contributed by atoms with Crippen molar-refractivity contribution < 1.29 is 22.1 Å². The number of aromatic nitrogens is 2. The number of hydrogen-bond acceptors (Lipinski definition) is 6. The summed E-state index contributed by atoms with van der Waals surface area (Å²) in [6.45, 7) is 3.04. The van der Waals surface area contributed by atoms with Gasteiger partial charge >= 0.3 is 0 Å². The van der Waals surface area contributed by atoms with Crippen LogP contribution in [0.4, 0.5) is 4.39 Å². The Morgan fingerprint density at radius 2 is 1.91 bits per heavy atom. The van der Waals surface area contributed by atoms with Gasteiger partial charge in [-0.25, -0.2) is 12.8 Å². The quantitative estimate of drug-likeness (QED) is 0.524. The van der Waals surface area contributed by atoms with Crippen LogP contribution in [-0.2, 0) is 21.2 Å². The van der Waals surface area contributed by atoms with Crippen molar-refractivity contribution in [1.82, 2.24) is 19.8 Å². The van der Waals surface area contributed by atoms with E-state index in [0.717, 1.165) is 0 Å². The minimum absolute atomic E-state index is 0.128. The van der Waals surface area contributed by atoms with Crippen LogP contribution < -0.4 is 5.32 Å². The highest BCUT2D eigenvalue weighted by atomic mass is 32.2. The number of amides is 1. The van der Waals surface area contributed by atoms with Crippen molar-refractivity contribution in [3.8, 4) is 11.4 Å². The molecule has 1 saturated heterocycles. The molecule has 34 heavy (non-hydrogen) atoms. The summed E-state index contributed by atoms with van der Waals surface area (Å²) < 4.78 is 45.6. The number of carbonyl (C=O) groups excluding carboxylic acids is 1. The first-order chi connectivity index (χ1) is 16.3. The van der Waals surface area contributed by atoms with Gasteiger partial charge in [0.1, 0.15) is 5.82 Å². The van der Waals surface area contributed by atoms with Crippen molar-refractivity contribution in [2.75, 3.05) is 19.6 Å². The molecule has 1 aliphatic rings. The van der Waals surface area contributed by atoms with Crippen molar-refractivity contribution in [3.05, 3.63) is 65.8 Å². The lowest BCUT2D eigenvalue weighted by atomic mass is 9.98. The molecule has 0 radical (unpaired) electrons. The van der Waals surface area contributed by atoms with Crippen molar-refractivity contribution >= 4 is 15.9 Å². The van der Waals surface area contributed by atoms with Gasteiger partial charge in [-0.05, 0) is 61.6 Å². The summed E-state index contributed by atoms with van der Waals surface area (Å²) in [5, 5.41) is 6.83. The summed E-state index contributed by atoms with van der Waals surface area (Å²) in [6.07, 6.45) is 1.88. The van der Waals surface area contributed by atoms with Gasteiger partial charge in [0, 0.05) is 38.0 Å². The molecular weight excluding hydrogens is 459 g/mol. The molecule has 8 nitrogen and oxygen atoms in total. The van der Waals surface area contributed by atoms with E-state index in [9.17, 15) is 17.6 Å². The number of carbonyl (C=O) groups is 1. The molecule has 0 atom stereocenters. The Bertz CT molecular complexity index is 1240. The molecule has 180 valence electrons. The molecule has 4 rings (SSSR count). The molecule has 0 saturated carbocycles. The number of sulfonamides is 1. The first kappa shape index (κ1) is 24.0. The molecule has 0 bridgehead atoms. The van der Waals surface area contributed by atoms with E-state index in [1.54, 1.807) is 49.4 Å². The third kappa shape index (κ3) is 5.68. The summed E-state index contributed by atoms with van der Waals surface area (Å²) >= 11 is 0. The Hall–Kier alpha value is -3.11. The summed E-state index contributed by atoms with van der Waals surface area (Å²) in [5.41, 5.74) is 1.14. The predicted octanol–water partition coefficient (Wildman–Crippen LogP) is 3.33. The fraction of sp³-hybridized carbons (Fsp3) is 0.375. The fourth-order valence-corrected chi connectivity index (χ4v) is 5.41. The van der Waals surface area contributed by atoms with E-state index >= 15 is 0 Å². The first-order valence-electron chi connectivity index (χ1n) is 11.2. The lowest BCUT2D eigenvalue weighted by Gasteiger charge is -2.31. The highest BCUT2D eigenvalue weighted by Gasteiger charge is 2.29. The van der Waals surface area contributed by atoms with Gasteiger partial charge in [-0.15, -0.1) is 0 Å². The Balaban J connectivity index is 1.20. The molecule has 1 amide bonds. The van der Waals surface area contributed by atoms with E-state index in [-0.39, 0.29) is 24.1 Å². The summed E-state index contributed by atoms with van der Waals surface area (Å²) in [5.74, 6) is 0.495. The number of benzene rings is 2. The highest BCUT2D eigenvalue weighted by Crippen LogP contribution is 2.23. The normalized spacial score (nSPS) is 15.4. The van der Waals surface area contributed by atoms with Crippen molar-refractivity contribution in [1.29, 1.82) is 0 Å². The van der Waals surface area contributed by atoms with Gasteiger partial charge in [-0.1, -0.05) is 23.4 Å². The number of hydrogen-bond donors (Lipinski definition) is 1. The van der Waals surface area contributed by atoms with Gasteiger partial charge in [-0.3, -0.25) is 4.79 Å². The first-order valence-corrected chi connectivity index (χ1v) is 12.7. The van der Waals surface area contributed by atoms with E-state index in [0.29, 0.717) is 66.6 Å². The van der Waals surface area contributed by atoms with Gasteiger partial charge < -0.3 is 9.84 Å². The Morgan fingerprint density at radius 3 is 2.62 bits per heavy atom. The molecule has 0 spiro atoms. The van der Waals surface area contributed by atoms with Crippen LogP contribution in [0, 0.1) is 18.7 Å². The van der Waals surface area contributed by atoms with Crippen LogP contribution >= 0.6 is 0 Å². The van der Waals surface area contributed by atoms with Crippen LogP contribution in [0.5, 0.6) is 0 Å². The zero-order chi connectivity index (χ0) is 24.1.